The van der Waals surface area contributed by atoms with Crippen molar-refractivity contribution in [1.29, 1.82) is 0 Å². The average molecular weight is 228 g/mol. The average Bonchev–Trinajstić information content (AvgIpc) is 2.17. The third-order valence-corrected chi connectivity index (χ3v) is 2.40. The van der Waals surface area contributed by atoms with Crippen LogP contribution in [0.2, 0.25) is 5.02 Å². The van der Waals surface area contributed by atoms with E-state index in [4.69, 9.17) is 21.4 Å². The minimum Gasteiger partial charge on any atom is -0.489 e. The number of carboxylic acid groups (broad SMARTS) is 1. The molecule has 0 aromatic heterocycles. The van der Waals surface area contributed by atoms with Crippen molar-refractivity contribution in [2.24, 2.45) is 0 Å². The molecule has 1 aliphatic heterocycles. The number of carboxylic acids is 1. The van der Waals surface area contributed by atoms with Gasteiger partial charge in [0, 0.05) is 11.1 Å². The van der Waals surface area contributed by atoms with Gasteiger partial charge in [-0.05, 0) is 12.1 Å². The molecule has 1 aliphatic rings. The Morgan fingerprint density at radius 1 is 1.67 bits per heavy atom. The maximum Gasteiger partial charge on any atom is 0.305 e. The molecule has 1 atom stereocenters. The lowest BCUT2D eigenvalue weighted by molar-refractivity contribution is -0.137. The molecule has 1 aromatic rings. The van der Waals surface area contributed by atoms with Gasteiger partial charge in [0.2, 0.25) is 0 Å². The van der Waals surface area contributed by atoms with Crippen molar-refractivity contribution in [1.82, 2.24) is 0 Å². The normalized spacial score (nSPS) is 18.6. The molecule has 1 heterocycles. The van der Waals surface area contributed by atoms with Crippen LogP contribution in [-0.2, 0) is 4.79 Å². The lowest BCUT2D eigenvalue weighted by Crippen LogP contribution is -2.33. The van der Waals surface area contributed by atoms with Gasteiger partial charge in [0.1, 0.15) is 12.4 Å². The molecule has 0 saturated carbocycles. The molecule has 0 aliphatic carbocycles. The maximum absolute atomic E-state index is 10.5. The predicted molar refractivity (Wildman–Crippen MR) is 56.6 cm³/mol. The molecular weight excluding hydrogens is 218 g/mol. The van der Waals surface area contributed by atoms with E-state index in [9.17, 15) is 4.79 Å². The molecule has 2 N–H and O–H groups in total. The van der Waals surface area contributed by atoms with E-state index >= 15 is 0 Å². The van der Waals surface area contributed by atoms with Gasteiger partial charge in [-0.15, -0.1) is 0 Å². The van der Waals surface area contributed by atoms with Crippen molar-refractivity contribution in [3.63, 3.8) is 0 Å². The summed E-state index contributed by atoms with van der Waals surface area (Å²) in [5.41, 5.74) is 0.789. The second-order valence-corrected chi connectivity index (χ2v) is 3.83. The van der Waals surface area contributed by atoms with Crippen molar-refractivity contribution < 1.29 is 14.6 Å². The highest BCUT2D eigenvalue weighted by Gasteiger charge is 2.20. The number of hydrogen-bond donors (Lipinski definition) is 2. The first-order chi connectivity index (χ1) is 7.15. The van der Waals surface area contributed by atoms with Gasteiger partial charge in [0.25, 0.3) is 0 Å². The van der Waals surface area contributed by atoms with Crippen LogP contribution in [-0.4, -0.2) is 23.7 Å². The monoisotopic (exact) mass is 227 g/mol. The zero-order chi connectivity index (χ0) is 10.8. The summed E-state index contributed by atoms with van der Waals surface area (Å²) in [5.74, 6) is -0.169. The largest absolute Gasteiger partial charge is 0.489 e. The summed E-state index contributed by atoms with van der Waals surface area (Å²) in [6.45, 7) is 0.347. The molecule has 15 heavy (non-hydrogen) atoms. The topological polar surface area (TPSA) is 58.6 Å². The molecule has 2 rings (SSSR count). The molecule has 0 amide bonds. The van der Waals surface area contributed by atoms with Crippen LogP contribution in [0.5, 0.6) is 5.75 Å². The van der Waals surface area contributed by atoms with Crippen LogP contribution in [0, 0.1) is 0 Å². The van der Waals surface area contributed by atoms with E-state index in [-0.39, 0.29) is 12.5 Å². The predicted octanol–water partition coefficient (Wildman–Crippen LogP) is 1.99. The van der Waals surface area contributed by atoms with E-state index in [0.29, 0.717) is 17.4 Å². The molecular formula is C10H10ClNO3. The summed E-state index contributed by atoms with van der Waals surface area (Å²) in [5, 5.41) is 12.3. The molecule has 4 nitrogen and oxygen atoms in total. The number of halogens is 1. The molecule has 0 radical (unpaired) electrons. The van der Waals surface area contributed by atoms with Gasteiger partial charge in [-0.2, -0.15) is 0 Å². The standard InChI is InChI=1S/C10H10ClNO3/c11-6-1-2-8-9(3-6)15-5-7(12-8)4-10(13)14/h1-3,7,12H,4-5H2,(H,13,14)/t7-/m0/s1. The highest BCUT2D eigenvalue weighted by Crippen LogP contribution is 2.31. The van der Waals surface area contributed by atoms with E-state index in [2.05, 4.69) is 5.32 Å². The lowest BCUT2D eigenvalue weighted by atomic mass is 10.1. The molecule has 0 fully saturated rings. The van der Waals surface area contributed by atoms with Crippen molar-refractivity contribution >= 4 is 23.3 Å². The Morgan fingerprint density at radius 2 is 2.47 bits per heavy atom. The molecule has 0 saturated heterocycles. The Bertz CT molecular complexity index is 394. The summed E-state index contributed by atoms with van der Waals surface area (Å²) in [6.07, 6.45) is 0.0437. The first-order valence-electron chi connectivity index (χ1n) is 4.56. The second kappa shape index (κ2) is 3.98. The van der Waals surface area contributed by atoms with Gasteiger partial charge >= 0.3 is 5.97 Å². The number of hydrogen-bond acceptors (Lipinski definition) is 3. The van der Waals surface area contributed by atoms with E-state index in [1.54, 1.807) is 18.2 Å². The van der Waals surface area contributed by atoms with E-state index in [1.807, 2.05) is 0 Å². The third kappa shape index (κ3) is 2.33. The molecule has 80 valence electrons. The molecule has 0 bridgehead atoms. The van der Waals surface area contributed by atoms with Gasteiger partial charge in [-0.3, -0.25) is 4.79 Å². The fourth-order valence-corrected chi connectivity index (χ4v) is 1.67. The third-order valence-electron chi connectivity index (χ3n) is 2.16. The zero-order valence-electron chi connectivity index (χ0n) is 7.87. The van der Waals surface area contributed by atoms with Crippen molar-refractivity contribution in [2.75, 3.05) is 11.9 Å². The van der Waals surface area contributed by atoms with Crippen LogP contribution >= 0.6 is 11.6 Å². The van der Waals surface area contributed by atoms with Crippen LogP contribution in [0.3, 0.4) is 0 Å². The number of nitrogens with one attached hydrogen (secondary N) is 1. The van der Waals surface area contributed by atoms with Gasteiger partial charge < -0.3 is 15.2 Å². The summed E-state index contributed by atoms with van der Waals surface area (Å²) >= 11 is 5.80. The minimum absolute atomic E-state index is 0.0437. The number of aliphatic carboxylic acids is 1. The number of benzene rings is 1. The van der Waals surface area contributed by atoms with Gasteiger partial charge in [-0.25, -0.2) is 0 Å². The molecule has 1 aromatic carbocycles. The van der Waals surface area contributed by atoms with Crippen molar-refractivity contribution in [2.45, 2.75) is 12.5 Å². The first kappa shape index (κ1) is 10.1. The molecule has 5 heteroatoms. The lowest BCUT2D eigenvalue weighted by Gasteiger charge is -2.26. The highest BCUT2D eigenvalue weighted by atomic mass is 35.5. The van der Waals surface area contributed by atoms with Crippen LogP contribution < -0.4 is 10.1 Å². The number of fused-ring (bicyclic) bond motifs is 1. The Labute approximate surface area is 91.8 Å². The second-order valence-electron chi connectivity index (χ2n) is 3.39. The Hall–Kier alpha value is -1.42. The van der Waals surface area contributed by atoms with Gasteiger partial charge in [0.05, 0.1) is 18.2 Å². The van der Waals surface area contributed by atoms with Gasteiger partial charge in [-0.1, -0.05) is 11.6 Å². The van der Waals surface area contributed by atoms with Crippen LogP contribution in [0.25, 0.3) is 0 Å². The van der Waals surface area contributed by atoms with Crippen LogP contribution in [0.15, 0.2) is 18.2 Å². The SMILES string of the molecule is O=C(O)C[C@H]1COc2cc(Cl)ccc2N1. The van der Waals surface area contributed by atoms with E-state index < -0.39 is 5.97 Å². The van der Waals surface area contributed by atoms with E-state index in [1.165, 1.54) is 0 Å². The van der Waals surface area contributed by atoms with Crippen LogP contribution in [0.1, 0.15) is 6.42 Å². The molecule has 0 unspecified atom stereocenters. The quantitative estimate of drug-likeness (QED) is 0.811. The van der Waals surface area contributed by atoms with E-state index in [0.717, 1.165) is 5.69 Å². The fraction of sp³-hybridized carbons (Fsp3) is 0.300. The zero-order valence-corrected chi connectivity index (χ0v) is 8.62. The summed E-state index contributed by atoms with van der Waals surface area (Å²) in [4.78, 5) is 10.5. The number of ether oxygens (including phenoxy) is 1. The van der Waals surface area contributed by atoms with Crippen molar-refractivity contribution in [3.8, 4) is 5.75 Å². The summed E-state index contributed by atoms with van der Waals surface area (Å²) < 4.78 is 5.41. The van der Waals surface area contributed by atoms with Crippen molar-refractivity contribution in [3.05, 3.63) is 23.2 Å². The fourth-order valence-electron chi connectivity index (χ4n) is 1.51. The summed E-state index contributed by atoms with van der Waals surface area (Å²) in [7, 11) is 0. The minimum atomic E-state index is -0.839. The number of anilines is 1. The Kier molecular flexibility index (Phi) is 2.68. The Morgan fingerprint density at radius 3 is 3.20 bits per heavy atom. The number of rotatable bonds is 2. The smallest absolute Gasteiger partial charge is 0.305 e. The highest BCUT2D eigenvalue weighted by molar-refractivity contribution is 6.30. The molecule has 0 spiro atoms. The Balaban J connectivity index is 2.13. The maximum atomic E-state index is 10.5. The number of carbonyl (C=O) groups is 1. The first-order valence-corrected chi connectivity index (χ1v) is 4.93. The van der Waals surface area contributed by atoms with Crippen LogP contribution in [0.4, 0.5) is 5.69 Å². The van der Waals surface area contributed by atoms with Gasteiger partial charge in [0.15, 0.2) is 0 Å². The summed E-state index contributed by atoms with van der Waals surface area (Å²) in [6, 6.07) is 5.04.